The van der Waals surface area contributed by atoms with Crippen LogP contribution in [0.1, 0.15) is 17.7 Å². The predicted octanol–water partition coefficient (Wildman–Crippen LogP) is 0.952. The van der Waals surface area contributed by atoms with Gasteiger partial charge in [0.15, 0.2) is 0 Å². The van der Waals surface area contributed by atoms with Crippen LogP contribution in [-0.4, -0.2) is 16.1 Å². The van der Waals surface area contributed by atoms with Gasteiger partial charge in [0.1, 0.15) is 0 Å². The van der Waals surface area contributed by atoms with Gasteiger partial charge in [0.05, 0.1) is 12.2 Å². The lowest BCUT2D eigenvalue weighted by Gasteiger charge is -2.03. The molecule has 1 heterocycles. The lowest BCUT2D eigenvalue weighted by atomic mass is 10.1. The van der Waals surface area contributed by atoms with Gasteiger partial charge in [-0.25, -0.2) is 0 Å². The van der Waals surface area contributed by atoms with Crippen molar-refractivity contribution in [1.29, 1.82) is 0 Å². The molecule has 0 aliphatic rings. The Morgan fingerprint density at radius 3 is 2.61 bits per heavy atom. The van der Waals surface area contributed by atoms with E-state index >= 15 is 0 Å². The maximum absolute atomic E-state index is 11.6. The number of amides is 1. The first-order valence-corrected chi connectivity index (χ1v) is 5.81. The third-order valence-corrected chi connectivity index (χ3v) is 2.61. The molecule has 0 bridgehead atoms. The van der Waals surface area contributed by atoms with Crippen LogP contribution in [0.3, 0.4) is 0 Å². The van der Waals surface area contributed by atoms with E-state index in [4.69, 9.17) is 0 Å². The first-order chi connectivity index (χ1) is 8.74. The number of aromatic amines is 2. The quantitative estimate of drug-likeness (QED) is 0.733. The van der Waals surface area contributed by atoms with Gasteiger partial charge >= 0.3 is 0 Å². The van der Waals surface area contributed by atoms with E-state index in [-0.39, 0.29) is 11.5 Å². The maximum atomic E-state index is 11.6. The number of carbonyl (C=O) groups excluding carboxylic acids is 1. The van der Waals surface area contributed by atoms with Gasteiger partial charge in [0.2, 0.25) is 5.91 Å². The van der Waals surface area contributed by atoms with Crippen LogP contribution >= 0.6 is 0 Å². The molecule has 5 nitrogen and oxygen atoms in total. The molecule has 0 saturated carbocycles. The summed E-state index contributed by atoms with van der Waals surface area (Å²) in [5, 5.41) is 7.85. The first kappa shape index (κ1) is 12.2. The topological polar surface area (TPSA) is 77.8 Å². The Hall–Kier alpha value is -2.30. The molecule has 0 spiro atoms. The van der Waals surface area contributed by atoms with Gasteiger partial charge < -0.3 is 10.4 Å². The van der Waals surface area contributed by atoms with Gasteiger partial charge in [0.25, 0.3) is 5.56 Å². The Balaban J connectivity index is 1.74. The molecule has 1 amide bonds. The van der Waals surface area contributed by atoms with E-state index in [1.54, 1.807) is 0 Å². The molecule has 2 aromatic rings. The third kappa shape index (κ3) is 3.62. The van der Waals surface area contributed by atoms with Crippen molar-refractivity contribution in [2.45, 2.75) is 19.4 Å². The Morgan fingerprint density at radius 2 is 1.94 bits per heavy atom. The summed E-state index contributed by atoms with van der Waals surface area (Å²) in [6.45, 7) is 0.340. The van der Waals surface area contributed by atoms with Crippen molar-refractivity contribution >= 4 is 5.91 Å². The molecule has 5 heteroatoms. The molecule has 0 radical (unpaired) electrons. The molecule has 1 aromatic carbocycles. The molecule has 3 N–H and O–H groups in total. The minimum Gasteiger partial charge on any atom is -0.350 e. The zero-order valence-corrected chi connectivity index (χ0v) is 9.90. The Bertz CT molecular complexity index is 557. The highest BCUT2D eigenvalue weighted by atomic mass is 16.1. The lowest BCUT2D eigenvalue weighted by molar-refractivity contribution is -0.121. The molecule has 0 unspecified atom stereocenters. The molecule has 0 fully saturated rings. The number of hydrogen-bond acceptors (Lipinski definition) is 2. The minimum absolute atomic E-state index is 0.0269. The van der Waals surface area contributed by atoms with Crippen LogP contribution in [0.4, 0.5) is 0 Å². The lowest BCUT2D eigenvalue weighted by Crippen LogP contribution is -2.23. The van der Waals surface area contributed by atoms with E-state index in [0.717, 1.165) is 12.0 Å². The number of rotatable bonds is 5. The van der Waals surface area contributed by atoms with Crippen LogP contribution in [0.25, 0.3) is 0 Å². The minimum atomic E-state index is -0.191. The van der Waals surface area contributed by atoms with Crippen LogP contribution in [0, 0.1) is 0 Å². The summed E-state index contributed by atoms with van der Waals surface area (Å²) in [5.41, 5.74) is 1.62. The van der Waals surface area contributed by atoms with E-state index < -0.39 is 0 Å². The highest BCUT2D eigenvalue weighted by molar-refractivity contribution is 5.76. The Labute approximate surface area is 104 Å². The fourth-order valence-corrected chi connectivity index (χ4v) is 1.65. The van der Waals surface area contributed by atoms with Gasteiger partial charge in [-0.05, 0) is 12.0 Å². The van der Waals surface area contributed by atoms with Crippen molar-refractivity contribution in [2.75, 3.05) is 0 Å². The summed E-state index contributed by atoms with van der Waals surface area (Å²) in [7, 11) is 0. The van der Waals surface area contributed by atoms with Crippen molar-refractivity contribution in [3.63, 3.8) is 0 Å². The summed E-state index contributed by atoms with van der Waals surface area (Å²) < 4.78 is 0. The number of H-pyrrole nitrogens is 2. The van der Waals surface area contributed by atoms with E-state index in [1.165, 1.54) is 6.07 Å². The Kier molecular flexibility index (Phi) is 3.96. The van der Waals surface area contributed by atoms with Crippen LogP contribution in [0.5, 0.6) is 0 Å². The van der Waals surface area contributed by atoms with Crippen LogP contribution in [0.15, 0.2) is 41.2 Å². The molecule has 0 aliphatic carbocycles. The van der Waals surface area contributed by atoms with Gasteiger partial charge in [0, 0.05) is 12.5 Å². The molecule has 2 rings (SSSR count). The van der Waals surface area contributed by atoms with Gasteiger partial charge in [-0.1, -0.05) is 30.3 Å². The molecular weight excluding hydrogens is 230 g/mol. The molecule has 0 saturated heterocycles. The number of nitrogens with one attached hydrogen (secondary N) is 3. The number of hydrogen-bond donors (Lipinski definition) is 3. The molecule has 0 aliphatic heterocycles. The van der Waals surface area contributed by atoms with E-state index in [0.29, 0.717) is 18.7 Å². The molecular formula is C13H15N3O2. The number of carbonyl (C=O) groups is 1. The van der Waals surface area contributed by atoms with Crippen molar-refractivity contribution in [3.8, 4) is 0 Å². The van der Waals surface area contributed by atoms with E-state index in [9.17, 15) is 9.59 Å². The average Bonchev–Trinajstić information content (AvgIpc) is 2.81. The second kappa shape index (κ2) is 5.86. The normalized spacial score (nSPS) is 10.2. The second-order valence-electron chi connectivity index (χ2n) is 4.05. The Morgan fingerprint density at radius 1 is 1.17 bits per heavy atom. The SMILES string of the molecule is O=C(CCc1ccccc1)NCc1cc(=O)[nH][nH]1. The standard InChI is InChI=1S/C13H15N3O2/c17-12(7-6-10-4-2-1-3-5-10)14-9-11-8-13(18)16-15-11/h1-5,8H,6-7,9H2,(H,14,17)(H2,15,16,18). The smallest absolute Gasteiger partial charge is 0.264 e. The number of aryl methyl sites for hydroxylation is 1. The highest BCUT2D eigenvalue weighted by Gasteiger charge is 2.03. The zero-order valence-electron chi connectivity index (χ0n) is 9.90. The number of aromatic nitrogens is 2. The van der Waals surface area contributed by atoms with Gasteiger partial charge in [-0.2, -0.15) is 0 Å². The highest BCUT2D eigenvalue weighted by Crippen LogP contribution is 2.02. The average molecular weight is 245 g/mol. The van der Waals surface area contributed by atoms with Crippen molar-refractivity contribution in [2.24, 2.45) is 0 Å². The van der Waals surface area contributed by atoms with E-state index in [2.05, 4.69) is 15.5 Å². The summed E-state index contributed by atoms with van der Waals surface area (Å²) in [4.78, 5) is 22.4. The fraction of sp³-hybridized carbons (Fsp3) is 0.231. The summed E-state index contributed by atoms with van der Waals surface area (Å²) in [6, 6.07) is 11.3. The molecule has 18 heavy (non-hydrogen) atoms. The first-order valence-electron chi connectivity index (χ1n) is 5.81. The maximum Gasteiger partial charge on any atom is 0.264 e. The van der Waals surface area contributed by atoms with Crippen LogP contribution in [-0.2, 0) is 17.8 Å². The molecule has 1 aromatic heterocycles. The van der Waals surface area contributed by atoms with E-state index in [1.807, 2.05) is 30.3 Å². The summed E-state index contributed by atoms with van der Waals surface area (Å²) in [6.07, 6.45) is 1.16. The molecule has 94 valence electrons. The fourth-order valence-electron chi connectivity index (χ4n) is 1.65. The largest absolute Gasteiger partial charge is 0.350 e. The van der Waals surface area contributed by atoms with Gasteiger partial charge in [-0.3, -0.25) is 14.7 Å². The zero-order chi connectivity index (χ0) is 12.8. The van der Waals surface area contributed by atoms with Crippen molar-refractivity contribution in [1.82, 2.24) is 15.5 Å². The summed E-state index contributed by atoms with van der Waals surface area (Å²) >= 11 is 0. The predicted molar refractivity (Wildman–Crippen MR) is 68.0 cm³/mol. The molecule has 0 atom stereocenters. The number of benzene rings is 1. The van der Waals surface area contributed by atoms with Crippen molar-refractivity contribution < 1.29 is 4.79 Å². The van der Waals surface area contributed by atoms with Crippen LogP contribution in [0.2, 0.25) is 0 Å². The second-order valence-corrected chi connectivity index (χ2v) is 4.05. The summed E-state index contributed by atoms with van der Waals surface area (Å²) in [5.74, 6) is -0.0269. The third-order valence-electron chi connectivity index (χ3n) is 2.61. The van der Waals surface area contributed by atoms with Gasteiger partial charge in [-0.15, -0.1) is 0 Å². The van der Waals surface area contributed by atoms with Crippen LogP contribution < -0.4 is 10.9 Å². The monoisotopic (exact) mass is 245 g/mol. The van der Waals surface area contributed by atoms with Crippen molar-refractivity contribution in [3.05, 3.63) is 58.0 Å².